The van der Waals surface area contributed by atoms with Gasteiger partial charge in [0, 0.05) is 16.9 Å². The molecule has 1 saturated heterocycles. The van der Waals surface area contributed by atoms with Crippen molar-refractivity contribution in [2.45, 2.75) is 0 Å². The standard InChI is InChI=1S/C21H21N3O2S/c25-27(26,17-12-18-6-2-1-3-7-18)24-15-13-23(14-16-24)21-11-10-19-8-4-5-9-20(19)22-21/h1-12,17H,13-16H2/p+1/b17-12+. The Morgan fingerprint density at radius 1 is 0.815 bits per heavy atom. The van der Waals surface area contributed by atoms with Crippen LogP contribution in [0.4, 0.5) is 5.82 Å². The number of pyridine rings is 1. The Morgan fingerprint density at radius 2 is 1.52 bits per heavy atom. The zero-order chi connectivity index (χ0) is 18.7. The van der Waals surface area contributed by atoms with E-state index >= 15 is 0 Å². The first-order valence-corrected chi connectivity index (χ1v) is 10.5. The number of benzene rings is 2. The van der Waals surface area contributed by atoms with Gasteiger partial charge in [-0.05, 0) is 23.8 Å². The number of rotatable bonds is 4. The van der Waals surface area contributed by atoms with E-state index in [1.807, 2.05) is 48.5 Å². The third-order valence-electron chi connectivity index (χ3n) is 4.82. The quantitative estimate of drug-likeness (QED) is 0.699. The summed E-state index contributed by atoms with van der Waals surface area (Å²) < 4.78 is 26.7. The fraction of sp³-hybridized carbons (Fsp3) is 0.190. The van der Waals surface area contributed by atoms with Crippen LogP contribution in [0.1, 0.15) is 5.56 Å². The van der Waals surface area contributed by atoms with E-state index in [4.69, 9.17) is 0 Å². The summed E-state index contributed by atoms with van der Waals surface area (Å²) >= 11 is 0. The molecule has 1 N–H and O–H groups in total. The van der Waals surface area contributed by atoms with Crippen molar-refractivity contribution in [3.05, 3.63) is 77.7 Å². The topological polar surface area (TPSA) is 54.8 Å². The summed E-state index contributed by atoms with van der Waals surface area (Å²) in [6.07, 6.45) is 1.65. The molecule has 5 nitrogen and oxygen atoms in total. The molecule has 1 aliphatic heterocycles. The first kappa shape index (κ1) is 17.7. The van der Waals surface area contributed by atoms with Crippen molar-refractivity contribution in [3.63, 3.8) is 0 Å². The number of fused-ring (bicyclic) bond motifs is 1. The lowest BCUT2D eigenvalue weighted by Crippen LogP contribution is -2.49. The third-order valence-corrected chi connectivity index (χ3v) is 6.38. The zero-order valence-corrected chi connectivity index (χ0v) is 15.8. The summed E-state index contributed by atoms with van der Waals surface area (Å²) in [7, 11) is -3.41. The molecular formula is C21H22N3O2S+. The third kappa shape index (κ3) is 4.02. The highest BCUT2D eigenvalue weighted by atomic mass is 32.2. The molecule has 0 spiro atoms. The molecular weight excluding hydrogens is 358 g/mol. The van der Waals surface area contributed by atoms with Gasteiger partial charge in [-0.1, -0.05) is 48.5 Å². The van der Waals surface area contributed by atoms with Gasteiger partial charge < -0.3 is 0 Å². The predicted octanol–water partition coefficient (Wildman–Crippen LogP) is 2.78. The minimum absolute atomic E-state index is 0.474. The summed E-state index contributed by atoms with van der Waals surface area (Å²) in [6, 6.07) is 21.8. The number of hydrogen-bond acceptors (Lipinski definition) is 3. The highest BCUT2D eigenvalue weighted by Gasteiger charge is 2.29. The van der Waals surface area contributed by atoms with Crippen LogP contribution in [-0.2, 0) is 10.0 Å². The van der Waals surface area contributed by atoms with Crippen LogP contribution in [-0.4, -0.2) is 38.9 Å². The van der Waals surface area contributed by atoms with Crippen LogP contribution in [0.5, 0.6) is 0 Å². The maximum atomic E-state index is 12.6. The number of sulfonamides is 1. The Bertz CT molecular complexity index is 1060. The van der Waals surface area contributed by atoms with Crippen molar-refractivity contribution < 1.29 is 13.4 Å². The van der Waals surface area contributed by atoms with Crippen LogP contribution in [0.15, 0.2) is 72.1 Å². The van der Waals surface area contributed by atoms with E-state index in [0.717, 1.165) is 22.3 Å². The number of nitrogens with zero attached hydrogens (tertiary/aromatic N) is 2. The van der Waals surface area contributed by atoms with Gasteiger partial charge in [-0.2, -0.15) is 4.31 Å². The van der Waals surface area contributed by atoms with Crippen LogP contribution in [0.3, 0.4) is 0 Å². The van der Waals surface area contributed by atoms with Gasteiger partial charge in [0.25, 0.3) is 5.82 Å². The highest BCUT2D eigenvalue weighted by Crippen LogP contribution is 2.17. The second-order valence-electron chi connectivity index (χ2n) is 6.58. The Labute approximate surface area is 159 Å². The van der Waals surface area contributed by atoms with Crippen molar-refractivity contribution in [1.82, 2.24) is 4.31 Å². The average Bonchev–Trinajstić information content (AvgIpc) is 2.73. The Morgan fingerprint density at radius 3 is 2.30 bits per heavy atom. The van der Waals surface area contributed by atoms with Crippen LogP contribution in [0, 0.1) is 0 Å². The average molecular weight is 380 g/mol. The molecule has 2 aromatic carbocycles. The van der Waals surface area contributed by atoms with Crippen LogP contribution < -0.4 is 9.88 Å². The highest BCUT2D eigenvalue weighted by molar-refractivity contribution is 7.92. The minimum Gasteiger partial charge on any atom is -0.259 e. The summed E-state index contributed by atoms with van der Waals surface area (Å²) in [5.41, 5.74) is 1.96. The van der Waals surface area contributed by atoms with E-state index in [1.54, 1.807) is 10.4 Å². The molecule has 1 aromatic heterocycles. The van der Waals surface area contributed by atoms with Gasteiger partial charge in [-0.25, -0.2) is 13.4 Å². The molecule has 27 heavy (non-hydrogen) atoms. The molecule has 4 rings (SSSR count). The van der Waals surface area contributed by atoms with Crippen LogP contribution >= 0.6 is 0 Å². The van der Waals surface area contributed by atoms with E-state index in [1.165, 1.54) is 5.41 Å². The van der Waals surface area contributed by atoms with Crippen molar-refractivity contribution in [2.24, 2.45) is 0 Å². The van der Waals surface area contributed by atoms with E-state index in [0.29, 0.717) is 26.2 Å². The van der Waals surface area contributed by atoms with Crippen LogP contribution in [0.25, 0.3) is 17.0 Å². The van der Waals surface area contributed by atoms with Gasteiger partial charge in [-0.15, -0.1) is 0 Å². The molecule has 0 bridgehead atoms. The molecule has 3 aromatic rings. The zero-order valence-electron chi connectivity index (χ0n) is 15.0. The minimum atomic E-state index is -3.41. The number of piperazine rings is 1. The molecule has 0 atom stereocenters. The number of hydrogen-bond donors (Lipinski definition) is 0. The molecule has 2 heterocycles. The largest absolute Gasteiger partial charge is 0.274 e. The fourth-order valence-corrected chi connectivity index (χ4v) is 4.46. The Hall–Kier alpha value is -2.70. The molecule has 138 valence electrons. The van der Waals surface area contributed by atoms with Gasteiger partial charge in [0.15, 0.2) is 0 Å². The first-order valence-electron chi connectivity index (χ1n) is 9.01. The predicted molar refractivity (Wildman–Crippen MR) is 109 cm³/mol. The lowest BCUT2D eigenvalue weighted by molar-refractivity contribution is -0.330. The summed E-state index contributed by atoms with van der Waals surface area (Å²) in [5, 5.41) is 2.47. The van der Waals surface area contributed by atoms with Crippen LogP contribution in [0.2, 0.25) is 0 Å². The Balaban J connectivity index is 1.44. The first-order chi connectivity index (χ1) is 13.1. The maximum absolute atomic E-state index is 12.6. The van der Waals surface area contributed by atoms with Gasteiger partial charge in [-0.3, -0.25) is 4.90 Å². The van der Waals surface area contributed by atoms with E-state index in [2.05, 4.69) is 28.1 Å². The number of aromatic amines is 1. The fourth-order valence-electron chi connectivity index (χ4n) is 3.29. The number of para-hydroxylation sites is 1. The van der Waals surface area contributed by atoms with Crippen molar-refractivity contribution in [2.75, 3.05) is 31.1 Å². The monoisotopic (exact) mass is 380 g/mol. The van der Waals surface area contributed by atoms with E-state index < -0.39 is 10.0 Å². The summed E-state index contributed by atoms with van der Waals surface area (Å²) in [4.78, 5) is 5.63. The molecule has 0 radical (unpaired) electrons. The molecule has 0 saturated carbocycles. The van der Waals surface area contributed by atoms with E-state index in [-0.39, 0.29) is 0 Å². The number of H-pyrrole nitrogens is 1. The number of anilines is 1. The lowest BCUT2D eigenvalue weighted by atomic mass is 10.2. The van der Waals surface area contributed by atoms with Crippen molar-refractivity contribution in [3.8, 4) is 0 Å². The number of aromatic nitrogens is 1. The molecule has 6 heteroatoms. The smallest absolute Gasteiger partial charge is 0.259 e. The van der Waals surface area contributed by atoms with Crippen molar-refractivity contribution >= 4 is 32.8 Å². The summed E-state index contributed by atoms with van der Waals surface area (Å²) in [5.74, 6) is 1.02. The molecule has 1 aliphatic rings. The summed E-state index contributed by atoms with van der Waals surface area (Å²) in [6.45, 7) is 2.27. The SMILES string of the molecule is O=S(=O)(/C=C/c1ccccc1)N1CCN(c2ccc3ccccc3[nH+]2)CC1. The second-order valence-corrected chi connectivity index (χ2v) is 8.39. The molecule has 0 aliphatic carbocycles. The normalized spacial score (nSPS) is 16.2. The molecule has 0 amide bonds. The van der Waals surface area contributed by atoms with Gasteiger partial charge in [0.1, 0.15) is 5.52 Å². The number of nitrogens with one attached hydrogen (secondary N) is 1. The second kappa shape index (κ2) is 7.50. The molecule has 0 unspecified atom stereocenters. The van der Waals surface area contributed by atoms with Gasteiger partial charge in [0.2, 0.25) is 10.0 Å². The maximum Gasteiger partial charge on any atom is 0.274 e. The Kier molecular flexibility index (Phi) is 4.92. The van der Waals surface area contributed by atoms with Gasteiger partial charge in [0.05, 0.1) is 26.2 Å². The van der Waals surface area contributed by atoms with Gasteiger partial charge >= 0.3 is 0 Å². The van der Waals surface area contributed by atoms with Crippen molar-refractivity contribution in [1.29, 1.82) is 0 Å². The lowest BCUT2D eigenvalue weighted by Gasteiger charge is -2.29. The molecule has 1 fully saturated rings. The van der Waals surface area contributed by atoms with E-state index in [9.17, 15) is 8.42 Å².